The van der Waals surface area contributed by atoms with Gasteiger partial charge in [-0.3, -0.25) is 4.99 Å². The van der Waals surface area contributed by atoms with Crippen molar-refractivity contribution in [3.63, 3.8) is 0 Å². The molecule has 9 heavy (non-hydrogen) atoms. The number of hydrogen-bond acceptors (Lipinski definition) is 4. The standard InChI is InChI=1S/C5H8N2O2/c1-9-5(8)4-6-2-3-7-4/h2-3H2,1H3,(H,6,7). The van der Waals surface area contributed by atoms with E-state index < -0.39 is 0 Å². The van der Waals surface area contributed by atoms with E-state index in [-0.39, 0.29) is 5.97 Å². The Bertz CT molecular complexity index is 153. The van der Waals surface area contributed by atoms with E-state index in [0.29, 0.717) is 12.4 Å². The Morgan fingerprint density at radius 1 is 1.89 bits per heavy atom. The molecule has 0 radical (unpaired) electrons. The van der Waals surface area contributed by atoms with Crippen molar-refractivity contribution in [2.45, 2.75) is 0 Å². The summed E-state index contributed by atoms with van der Waals surface area (Å²) < 4.78 is 4.40. The molecule has 0 aromatic carbocycles. The first-order valence-electron chi connectivity index (χ1n) is 2.71. The molecule has 0 aromatic heterocycles. The van der Waals surface area contributed by atoms with Gasteiger partial charge in [-0.05, 0) is 0 Å². The minimum absolute atomic E-state index is 0.345. The number of carbonyl (C=O) groups excluding carboxylic acids is 1. The summed E-state index contributed by atoms with van der Waals surface area (Å²) in [5.74, 6) is -0.0370. The normalized spacial score (nSPS) is 16.3. The van der Waals surface area contributed by atoms with E-state index in [2.05, 4.69) is 15.0 Å². The van der Waals surface area contributed by atoms with E-state index in [9.17, 15) is 4.79 Å². The summed E-state index contributed by atoms with van der Waals surface area (Å²) in [4.78, 5) is 14.4. The van der Waals surface area contributed by atoms with Crippen molar-refractivity contribution < 1.29 is 9.53 Å². The van der Waals surface area contributed by atoms with E-state index in [1.165, 1.54) is 7.11 Å². The Labute approximate surface area is 52.9 Å². The molecule has 50 valence electrons. The van der Waals surface area contributed by atoms with Crippen LogP contribution in [0, 0.1) is 0 Å². The number of rotatable bonds is 1. The van der Waals surface area contributed by atoms with Crippen LogP contribution in [0.2, 0.25) is 0 Å². The lowest BCUT2D eigenvalue weighted by molar-refractivity contribution is -0.132. The van der Waals surface area contributed by atoms with Crippen molar-refractivity contribution in [1.29, 1.82) is 0 Å². The third kappa shape index (κ3) is 1.19. The average Bonchev–Trinajstić information content (AvgIpc) is 2.37. The summed E-state index contributed by atoms with van der Waals surface area (Å²) in [5, 5.41) is 2.78. The number of nitrogens with zero attached hydrogens (tertiary/aromatic N) is 1. The van der Waals surface area contributed by atoms with Gasteiger partial charge < -0.3 is 10.1 Å². The number of amidine groups is 1. The highest BCUT2D eigenvalue weighted by Crippen LogP contribution is 1.86. The average molecular weight is 128 g/mol. The van der Waals surface area contributed by atoms with Crippen molar-refractivity contribution in [2.24, 2.45) is 4.99 Å². The van der Waals surface area contributed by atoms with Crippen LogP contribution in [-0.2, 0) is 9.53 Å². The van der Waals surface area contributed by atoms with Gasteiger partial charge >= 0.3 is 5.97 Å². The van der Waals surface area contributed by atoms with Crippen LogP contribution in [0.3, 0.4) is 0 Å². The zero-order valence-corrected chi connectivity index (χ0v) is 5.18. The van der Waals surface area contributed by atoms with Gasteiger partial charge in [0.15, 0.2) is 0 Å². The Hall–Kier alpha value is -1.06. The highest BCUT2D eigenvalue weighted by atomic mass is 16.5. The van der Waals surface area contributed by atoms with Gasteiger partial charge in [-0.15, -0.1) is 0 Å². The fraction of sp³-hybridized carbons (Fsp3) is 0.600. The number of methoxy groups -OCH3 is 1. The summed E-state index contributed by atoms with van der Waals surface area (Å²) in [6.45, 7) is 1.41. The quantitative estimate of drug-likeness (QED) is 0.468. The second-order valence-corrected chi connectivity index (χ2v) is 1.65. The summed E-state index contributed by atoms with van der Waals surface area (Å²) in [5.41, 5.74) is 0. The maximum atomic E-state index is 10.6. The highest BCUT2D eigenvalue weighted by Gasteiger charge is 2.13. The molecule has 1 N–H and O–H groups in total. The first-order chi connectivity index (χ1) is 4.34. The minimum Gasteiger partial charge on any atom is -0.463 e. The highest BCUT2D eigenvalue weighted by molar-refractivity contribution is 6.35. The fourth-order valence-corrected chi connectivity index (χ4v) is 0.631. The number of nitrogens with one attached hydrogen (secondary N) is 1. The summed E-state index contributed by atoms with van der Waals surface area (Å²) in [6, 6.07) is 0. The molecule has 0 atom stereocenters. The zero-order chi connectivity index (χ0) is 6.69. The largest absolute Gasteiger partial charge is 0.463 e. The molecule has 4 nitrogen and oxygen atoms in total. The molecule has 0 amide bonds. The van der Waals surface area contributed by atoms with Gasteiger partial charge in [-0.1, -0.05) is 0 Å². The van der Waals surface area contributed by atoms with Crippen LogP contribution in [0.25, 0.3) is 0 Å². The van der Waals surface area contributed by atoms with Gasteiger partial charge in [-0.25, -0.2) is 4.79 Å². The molecular weight excluding hydrogens is 120 g/mol. The Morgan fingerprint density at radius 2 is 2.67 bits per heavy atom. The SMILES string of the molecule is COC(=O)C1=NCCN1. The molecular formula is C5H8N2O2. The maximum Gasteiger partial charge on any atom is 0.373 e. The lowest BCUT2D eigenvalue weighted by Gasteiger charge is -1.96. The lowest BCUT2D eigenvalue weighted by Crippen LogP contribution is -2.27. The van der Waals surface area contributed by atoms with E-state index >= 15 is 0 Å². The molecule has 0 aliphatic carbocycles. The monoisotopic (exact) mass is 128 g/mol. The maximum absolute atomic E-state index is 10.6. The lowest BCUT2D eigenvalue weighted by atomic mass is 10.6. The first-order valence-corrected chi connectivity index (χ1v) is 2.71. The second-order valence-electron chi connectivity index (χ2n) is 1.65. The van der Waals surface area contributed by atoms with Crippen molar-refractivity contribution in [3.05, 3.63) is 0 Å². The molecule has 0 spiro atoms. The zero-order valence-electron chi connectivity index (χ0n) is 5.18. The minimum atomic E-state index is -0.382. The van der Waals surface area contributed by atoms with E-state index in [0.717, 1.165) is 6.54 Å². The predicted octanol–water partition coefficient (Wildman–Crippen LogP) is -0.839. The van der Waals surface area contributed by atoms with Crippen LogP contribution in [0.1, 0.15) is 0 Å². The van der Waals surface area contributed by atoms with Crippen LogP contribution in [0.4, 0.5) is 0 Å². The molecule has 1 aliphatic rings. The van der Waals surface area contributed by atoms with Crippen LogP contribution in [0.15, 0.2) is 4.99 Å². The van der Waals surface area contributed by atoms with Gasteiger partial charge in [-0.2, -0.15) is 0 Å². The number of esters is 1. The van der Waals surface area contributed by atoms with Crippen LogP contribution < -0.4 is 5.32 Å². The van der Waals surface area contributed by atoms with E-state index in [1.54, 1.807) is 0 Å². The van der Waals surface area contributed by atoms with Gasteiger partial charge in [0.05, 0.1) is 13.7 Å². The smallest absolute Gasteiger partial charge is 0.373 e. The number of ether oxygens (including phenoxy) is 1. The summed E-state index contributed by atoms with van der Waals surface area (Å²) in [6.07, 6.45) is 0. The molecule has 0 saturated heterocycles. The number of hydrogen-bond donors (Lipinski definition) is 1. The van der Waals surface area contributed by atoms with Crippen LogP contribution in [0.5, 0.6) is 0 Å². The van der Waals surface area contributed by atoms with Crippen LogP contribution >= 0.6 is 0 Å². The second kappa shape index (κ2) is 2.48. The predicted molar refractivity (Wildman–Crippen MR) is 32.3 cm³/mol. The molecule has 0 fully saturated rings. The molecule has 1 rings (SSSR count). The molecule has 1 aliphatic heterocycles. The Balaban J connectivity index is 2.51. The van der Waals surface area contributed by atoms with Gasteiger partial charge in [0.25, 0.3) is 0 Å². The molecule has 1 heterocycles. The van der Waals surface area contributed by atoms with E-state index in [1.807, 2.05) is 0 Å². The van der Waals surface area contributed by atoms with Crippen LogP contribution in [-0.4, -0.2) is 32.0 Å². The molecule has 0 bridgehead atoms. The number of carbonyl (C=O) groups is 1. The topological polar surface area (TPSA) is 50.7 Å². The first kappa shape index (κ1) is 6.07. The molecule has 4 heteroatoms. The third-order valence-corrected chi connectivity index (χ3v) is 1.05. The summed E-state index contributed by atoms with van der Waals surface area (Å²) in [7, 11) is 1.34. The van der Waals surface area contributed by atoms with Gasteiger partial charge in [0.1, 0.15) is 0 Å². The third-order valence-electron chi connectivity index (χ3n) is 1.05. The summed E-state index contributed by atoms with van der Waals surface area (Å²) >= 11 is 0. The molecule has 0 aromatic rings. The molecule has 0 unspecified atom stereocenters. The number of aliphatic imine (C=N–C) groups is 1. The van der Waals surface area contributed by atoms with Crippen molar-refractivity contribution in [1.82, 2.24) is 5.32 Å². The van der Waals surface area contributed by atoms with E-state index in [4.69, 9.17) is 0 Å². The fourth-order valence-electron chi connectivity index (χ4n) is 0.631. The van der Waals surface area contributed by atoms with Gasteiger partial charge in [0.2, 0.25) is 5.84 Å². The molecule has 0 saturated carbocycles. The van der Waals surface area contributed by atoms with Gasteiger partial charge in [0, 0.05) is 6.54 Å². The van der Waals surface area contributed by atoms with Crippen molar-refractivity contribution in [3.8, 4) is 0 Å². The Morgan fingerprint density at radius 3 is 3.11 bits per heavy atom. The Kier molecular flexibility index (Phi) is 1.67. The van der Waals surface area contributed by atoms with Crippen molar-refractivity contribution in [2.75, 3.05) is 20.2 Å². The van der Waals surface area contributed by atoms with Crippen molar-refractivity contribution >= 4 is 11.8 Å².